The Morgan fingerprint density at radius 3 is 2.29 bits per heavy atom. The van der Waals surface area contributed by atoms with Crippen LogP contribution in [0.25, 0.3) is 0 Å². The van der Waals surface area contributed by atoms with E-state index in [9.17, 15) is 13.2 Å². The first-order valence-electron chi connectivity index (χ1n) is 9.89. The van der Waals surface area contributed by atoms with Crippen molar-refractivity contribution in [2.24, 2.45) is 5.73 Å². The van der Waals surface area contributed by atoms with Gasteiger partial charge in [0.1, 0.15) is 10.6 Å². The largest absolute Gasteiger partial charge is 0.455 e. The molecule has 162 valence electrons. The van der Waals surface area contributed by atoms with Crippen molar-refractivity contribution in [2.45, 2.75) is 18.7 Å². The van der Waals surface area contributed by atoms with Gasteiger partial charge in [-0.05, 0) is 50.2 Å². The van der Waals surface area contributed by atoms with E-state index in [0.717, 1.165) is 18.8 Å². The molecule has 0 aromatic heterocycles. The van der Waals surface area contributed by atoms with Crippen molar-refractivity contribution in [3.63, 3.8) is 0 Å². The number of nitrogens with zero attached hydrogens (tertiary/aromatic N) is 1. The third-order valence-electron chi connectivity index (χ3n) is 4.73. The van der Waals surface area contributed by atoms with Crippen LogP contribution in [0.15, 0.2) is 77.7 Å². The Balaban J connectivity index is 2.06. The van der Waals surface area contributed by atoms with Crippen molar-refractivity contribution < 1.29 is 17.9 Å². The first-order chi connectivity index (χ1) is 14.9. The number of primary amides is 1. The van der Waals surface area contributed by atoms with E-state index in [1.807, 2.05) is 26.0 Å². The average Bonchev–Trinajstić information content (AvgIpc) is 2.75. The lowest BCUT2D eigenvalue weighted by molar-refractivity contribution is 0.0997. The van der Waals surface area contributed by atoms with Gasteiger partial charge in [-0.3, -0.25) is 9.52 Å². The summed E-state index contributed by atoms with van der Waals surface area (Å²) < 4.78 is 34.7. The number of carbonyl (C=O) groups excluding carboxylic acids is 1. The molecule has 0 atom stereocenters. The fourth-order valence-electron chi connectivity index (χ4n) is 3.19. The summed E-state index contributed by atoms with van der Waals surface area (Å²) in [6.45, 7) is 5.69. The molecule has 1 amide bonds. The summed E-state index contributed by atoms with van der Waals surface area (Å²) in [7, 11) is -4.05. The normalized spacial score (nSPS) is 11.0. The van der Waals surface area contributed by atoms with Gasteiger partial charge in [0.05, 0.1) is 5.56 Å². The number of rotatable bonds is 9. The first-order valence-corrected chi connectivity index (χ1v) is 11.4. The van der Waals surface area contributed by atoms with Gasteiger partial charge in [-0.15, -0.1) is 0 Å². The number of sulfonamides is 1. The molecule has 0 bridgehead atoms. The molecule has 0 fully saturated rings. The molecule has 0 aliphatic heterocycles. The summed E-state index contributed by atoms with van der Waals surface area (Å²) >= 11 is 0. The maximum Gasteiger partial charge on any atom is 0.265 e. The second-order valence-electron chi connectivity index (χ2n) is 6.74. The number of nitrogens with two attached hydrogens (primary N) is 1. The second-order valence-corrected chi connectivity index (χ2v) is 8.39. The van der Waals surface area contributed by atoms with Crippen molar-refractivity contribution in [3.05, 3.63) is 78.4 Å². The minimum atomic E-state index is -4.05. The summed E-state index contributed by atoms with van der Waals surface area (Å²) in [5.74, 6) is -0.504. The van der Waals surface area contributed by atoms with Gasteiger partial charge in [-0.1, -0.05) is 30.3 Å². The molecule has 0 unspecified atom stereocenters. The highest BCUT2D eigenvalue weighted by Crippen LogP contribution is 2.34. The summed E-state index contributed by atoms with van der Waals surface area (Å²) in [6, 6.07) is 20.0. The van der Waals surface area contributed by atoms with Gasteiger partial charge < -0.3 is 15.4 Å². The van der Waals surface area contributed by atoms with E-state index in [-0.39, 0.29) is 16.2 Å². The SMILES string of the molecule is CCN(CC)c1cccc(Oc2c(C(N)=O)cccc2S(=O)(=O)Nc2ccccc2)c1. The van der Waals surface area contributed by atoms with E-state index in [0.29, 0.717) is 11.4 Å². The highest BCUT2D eigenvalue weighted by molar-refractivity contribution is 7.92. The summed E-state index contributed by atoms with van der Waals surface area (Å²) in [5.41, 5.74) is 6.80. The number of carbonyl (C=O) groups is 1. The smallest absolute Gasteiger partial charge is 0.265 e. The van der Waals surface area contributed by atoms with Crippen LogP contribution in [-0.2, 0) is 10.0 Å². The maximum absolute atomic E-state index is 13.1. The van der Waals surface area contributed by atoms with Crippen LogP contribution < -0.4 is 20.1 Å². The van der Waals surface area contributed by atoms with Crippen molar-refractivity contribution >= 4 is 27.3 Å². The molecule has 0 saturated carbocycles. The Kier molecular flexibility index (Phi) is 6.81. The van der Waals surface area contributed by atoms with Gasteiger partial charge >= 0.3 is 0 Å². The van der Waals surface area contributed by atoms with Crippen molar-refractivity contribution in [2.75, 3.05) is 22.7 Å². The monoisotopic (exact) mass is 439 g/mol. The topological polar surface area (TPSA) is 102 Å². The van der Waals surface area contributed by atoms with Crippen molar-refractivity contribution in [3.8, 4) is 11.5 Å². The van der Waals surface area contributed by atoms with Crippen molar-refractivity contribution in [1.29, 1.82) is 0 Å². The molecule has 0 aliphatic carbocycles. The van der Waals surface area contributed by atoms with Gasteiger partial charge in [-0.25, -0.2) is 8.42 Å². The molecule has 0 radical (unpaired) electrons. The quantitative estimate of drug-likeness (QED) is 0.520. The Morgan fingerprint density at radius 2 is 1.65 bits per heavy atom. The predicted octanol–water partition coefficient (Wildman–Crippen LogP) is 4.22. The molecule has 0 aliphatic rings. The fourth-order valence-corrected chi connectivity index (χ4v) is 4.40. The number of para-hydroxylation sites is 2. The van der Waals surface area contributed by atoms with Crippen LogP contribution >= 0.6 is 0 Å². The zero-order valence-corrected chi connectivity index (χ0v) is 18.2. The zero-order valence-electron chi connectivity index (χ0n) is 17.4. The molecular weight excluding hydrogens is 414 g/mol. The molecule has 8 heteroatoms. The van der Waals surface area contributed by atoms with Crippen LogP contribution in [0.3, 0.4) is 0 Å². The highest BCUT2D eigenvalue weighted by atomic mass is 32.2. The van der Waals surface area contributed by atoms with E-state index in [1.54, 1.807) is 42.5 Å². The lowest BCUT2D eigenvalue weighted by atomic mass is 10.2. The lowest BCUT2D eigenvalue weighted by Crippen LogP contribution is -2.21. The highest BCUT2D eigenvalue weighted by Gasteiger charge is 2.25. The van der Waals surface area contributed by atoms with Crippen LogP contribution in [0.4, 0.5) is 11.4 Å². The third kappa shape index (κ3) is 5.16. The Labute approximate surface area is 182 Å². The average molecular weight is 440 g/mol. The minimum absolute atomic E-state index is 0.0239. The molecule has 7 nitrogen and oxygen atoms in total. The Hall–Kier alpha value is -3.52. The summed E-state index contributed by atoms with van der Waals surface area (Å²) in [5, 5.41) is 0. The fraction of sp³-hybridized carbons (Fsp3) is 0.174. The van der Waals surface area contributed by atoms with Gasteiger partial charge in [0.2, 0.25) is 0 Å². The molecule has 0 heterocycles. The molecule has 3 rings (SSSR count). The molecule has 3 aromatic carbocycles. The predicted molar refractivity (Wildman–Crippen MR) is 122 cm³/mol. The van der Waals surface area contributed by atoms with Gasteiger partial charge in [0.15, 0.2) is 5.75 Å². The van der Waals surface area contributed by atoms with Crippen LogP contribution in [0, 0.1) is 0 Å². The van der Waals surface area contributed by atoms with Gasteiger partial charge in [0, 0.05) is 30.5 Å². The molecule has 3 aromatic rings. The second kappa shape index (κ2) is 9.53. The number of nitrogens with one attached hydrogen (secondary N) is 1. The maximum atomic E-state index is 13.1. The number of hydrogen-bond acceptors (Lipinski definition) is 5. The molecule has 31 heavy (non-hydrogen) atoms. The summed E-state index contributed by atoms with van der Waals surface area (Å²) in [4.78, 5) is 14.0. The number of benzene rings is 3. The van der Waals surface area contributed by atoms with Crippen LogP contribution in [-0.4, -0.2) is 27.4 Å². The Bertz CT molecular complexity index is 1160. The number of hydrogen-bond donors (Lipinski definition) is 2. The van der Waals surface area contributed by atoms with E-state index < -0.39 is 15.9 Å². The first kappa shape index (κ1) is 22.2. The van der Waals surface area contributed by atoms with E-state index >= 15 is 0 Å². The number of ether oxygens (including phenoxy) is 1. The Morgan fingerprint density at radius 1 is 0.968 bits per heavy atom. The van der Waals surface area contributed by atoms with E-state index in [2.05, 4.69) is 9.62 Å². The van der Waals surface area contributed by atoms with E-state index in [4.69, 9.17) is 10.5 Å². The molecular formula is C23H25N3O4S. The van der Waals surface area contributed by atoms with E-state index in [1.165, 1.54) is 18.2 Å². The van der Waals surface area contributed by atoms with Gasteiger partial charge in [-0.2, -0.15) is 0 Å². The number of anilines is 2. The summed E-state index contributed by atoms with van der Waals surface area (Å²) in [6.07, 6.45) is 0. The lowest BCUT2D eigenvalue weighted by Gasteiger charge is -2.22. The number of amides is 1. The van der Waals surface area contributed by atoms with Gasteiger partial charge in [0.25, 0.3) is 15.9 Å². The third-order valence-corrected chi connectivity index (χ3v) is 6.13. The van der Waals surface area contributed by atoms with Crippen LogP contribution in [0.5, 0.6) is 11.5 Å². The molecule has 0 saturated heterocycles. The zero-order chi connectivity index (χ0) is 22.4. The van der Waals surface area contributed by atoms with Crippen molar-refractivity contribution in [1.82, 2.24) is 0 Å². The standard InChI is InChI=1S/C23H25N3O4S/c1-3-26(4-2)18-12-8-13-19(16-18)30-22-20(23(24)27)14-9-15-21(22)31(28,29)25-17-10-6-5-7-11-17/h5-16,25H,3-4H2,1-2H3,(H2,24,27). The van der Waals surface area contributed by atoms with Crippen LogP contribution in [0.1, 0.15) is 24.2 Å². The molecule has 3 N–H and O–H groups in total. The van der Waals surface area contributed by atoms with Crippen LogP contribution in [0.2, 0.25) is 0 Å². The molecule has 0 spiro atoms. The minimum Gasteiger partial charge on any atom is -0.455 e.